The predicted octanol–water partition coefficient (Wildman–Crippen LogP) is 2.13. The summed E-state index contributed by atoms with van der Waals surface area (Å²) in [6, 6.07) is 0.213. The highest BCUT2D eigenvalue weighted by Crippen LogP contribution is 2.40. The molecule has 3 atom stereocenters. The number of methoxy groups -OCH3 is 1. The molecule has 1 aliphatic rings. The number of hydrogen-bond donors (Lipinski definition) is 2. The molecule has 1 aliphatic carbocycles. The molecule has 0 aromatic rings. The molecule has 4 nitrogen and oxygen atoms in total. The number of carbonyl (C=O) groups is 1. The van der Waals surface area contributed by atoms with Crippen LogP contribution in [0.2, 0.25) is 0 Å². The van der Waals surface area contributed by atoms with E-state index in [9.17, 15) is 4.79 Å². The van der Waals surface area contributed by atoms with Crippen LogP contribution in [0.15, 0.2) is 0 Å². The first kappa shape index (κ1) is 14.3. The third kappa shape index (κ3) is 3.87. The third-order valence-corrected chi connectivity index (χ3v) is 3.89. The molecule has 1 saturated carbocycles. The highest BCUT2D eigenvalue weighted by Gasteiger charge is 2.38. The summed E-state index contributed by atoms with van der Waals surface area (Å²) in [5, 5.41) is 2.97. The lowest BCUT2D eigenvalue weighted by atomic mass is 9.66. The minimum atomic E-state index is -0.324. The van der Waals surface area contributed by atoms with E-state index in [0.29, 0.717) is 11.8 Å². The molecule has 0 saturated heterocycles. The Balaban J connectivity index is 2.70. The Bertz CT molecular complexity index is 261. The number of rotatable bonds is 2. The van der Waals surface area contributed by atoms with Crippen LogP contribution >= 0.6 is 0 Å². The number of amides is 1. The molecule has 3 N–H and O–H groups in total. The minimum absolute atomic E-state index is 0.180. The van der Waals surface area contributed by atoms with E-state index < -0.39 is 0 Å². The van der Waals surface area contributed by atoms with Crippen LogP contribution in [0, 0.1) is 17.3 Å². The highest BCUT2D eigenvalue weighted by molar-refractivity contribution is 5.67. The average Bonchev–Trinajstić information content (AvgIpc) is 2.28. The van der Waals surface area contributed by atoms with Gasteiger partial charge in [-0.05, 0) is 43.1 Å². The maximum absolute atomic E-state index is 11.3. The summed E-state index contributed by atoms with van der Waals surface area (Å²) >= 11 is 0. The van der Waals surface area contributed by atoms with Crippen LogP contribution in [-0.2, 0) is 4.74 Å². The van der Waals surface area contributed by atoms with E-state index in [-0.39, 0.29) is 17.6 Å². The predicted molar refractivity (Wildman–Crippen MR) is 68.7 cm³/mol. The van der Waals surface area contributed by atoms with Crippen molar-refractivity contribution in [1.29, 1.82) is 0 Å². The van der Waals surface area contributed by atoms with Gasteiger partial charge in [0, 0.05) is 6.04 Å². The van der Waals surface area contributed by atoms with Crippen molar-refractivity contribution in [2.45, 2.75) is 46.1 Å². The van der Waals surface area contributed by atoms with Gasteiger partial charge >= 0.3 is 6.09 Å². The molecular weight excluding hydrogens is 216 g/mol. The third-order valence-electron chi connectivity index (χ3n) is 3.89. The Morgan fingerprint density at radius 3 is 2.53 bits per heavy atom. The molecule has 0 aliphatic heterocycles. The Kier molecular flexibility index (Phi) is 4.80. The molecule has 1 amide bonds. The number of hydrogen-bond acceptors (Lipinski definition) is 3. The van der Waals surface area contributed by atoms with E-state index in [1.54, 1.807) is 0 Å². The zero-order valence-corrected chi connectivity index (χ0v) is 11.5. The quantitative estimate of drug-likeness (QED) is 0.779. The van der Waals surface area contributed by atoms with Crippen molar-refractivity contribution in [1.82, 2.24) is 5.32 Å². The number of nitrogens with two attached hydrogens (primary N) is 1. The van der Waals surface area contributed by atoms with E-state index in [1.807, 2.05) is 0 Å². The fourth-order valence-corrected chi connectivity index (χ4v) is 2.81. The lowest BCUT2D eigenvalue weighted by Gasteiger charge is -2.43. The van der Waals surface area contributed by atoms with Crippen molar-refractivity contribution in [2.24, 2.45) is 23.0 Å². The van der Waals surface area contributed by atoms with Gasteiger partial charge in [0.1, 0.15) is 0 Å². The first-order chi connectivity index (χ1) is 7.88. The Labute approximate surface area is 104 Å². The van der Waals surface area contributed by atoms with Gasteiger partial charge in [0.15, 0.2) is 0 Å². The van der Waals surface area contributed by atoms with Crippen molar-refractivity contribution in [3.8, 4) is 0 Å². The van der Waals surface area contributed by atoms with Gasteiger partial charge in [-0.3, -0.25) is 0 Å². The van der Waals surface area contributed by atoms with Gasteiger partial charge in [-0.1, -0.05) is 20.8 Å². The summed E-state index contributed by atoms with van der Waals surface area (Å²) < 4.78 is 4.69. The SMILES string of the molecule is COC(=O)N[C@H]1CC[C@H](CN)C[C@H]1C(C)(C)C. The van der Waals surface area contributed by atoms with Gasteiger partial charge in [0.25, 0.3) is 0 Å². The monoisotopic (exact) mass is 242 g/mol. The fourth-order valence-electron chi connectivity index (χ4n) is 2.81. The number of carbonyl (C=O) groups excluding carboxylic acids is 1. The lowest BCUT2D eigenvalue weighted by molar-refractivity contribution is 0.0929. The molecule has 4 heteroatoms. The maximum atomic E-state index is 11.3. The second-order valence-electron chi connectivity index (χ2n) is 6.13. The summed E-state index contributed by atoms with van der Waals surface area (Å²) in [5.41, 5.74) is 5.95. The zero-order chi connectivity index (χ0) is 13.1. The average molecular weight is 242 g/mol. The van der Waals surface area contributed by atoms with Gasteiger partial charge in [0.05, 0.1) is 7.11 Å². The molecule has 17 heavy (non-hydrogen) atoms. The number of alkyl carbamates (subject to hydrolysis) is 1. The van der Waals surface area contributed by atoms with Crippen molar-refractivity contribution in [3.05, 3.63) is 0 Å². The molecule has 0 spiro atoms. The van der Waals surface area contributed by atoms with Crippen molar-refractivity contribution >= 4 is 6.09 Å². The van der Waals surface area contributed by atoms with Gasteiger partial charge in [0.2, 0.25) is 0 Å². The smallest absolute Gasteiger partial charge is 0.407 e. The summed E-state index contributed by atoms with van der Waals surface area (Å²) in [7, 11) is 1.41. The van der Waals surface area contributed by atoms with Crippen molar-refractivity contribution in [2.75, 3.05) is 13.7 Å². The lowest BCUT2D eigenvalue weighted by Crippen LogP contribution is -2.49. The first-order valence-corrected chi connectivity index (χ1v) is 6.43. The highest BCUT2D eigenvalue weighted by atomic mass is 16.5. The Hall–Kier alpha value is -0.770. The molecule has 0 radical (unpaired) electrons. The summed E-state index contributed by atoms with van der Waals surface area (Å²) in [4.78, 5) is 11.3. The maximum Gasteiger partial charge on any atom is 0.407 e. The van der Waals surface area contributed by atoms with Gasteiger partial charge in [-0.25, -0.2) is 4.79 Å². The van der Waals surface area contributed by atoms with Crippen LogP contribution in [0.1, 0.15) is 40.0 Å². The minimum Gasteiger partial charge on any atom is -0.453 e. The van der Waals surface area contributed by atoms with E-state index in [0.717, 1.165) is 25.8 Å². The molecule has 100 valence electrons. The topological polar surface area (TPSA) is 64.3 Å². The summed E-state index contributed by atoms with van der Waals surface area (Å²) in [6.07, 6.45) is 2.86. The Morgan fingerprint density at radius 1 is 1.41 bits per heavy atom. The van der Waals surface area contributed by atoms with E-state index in [2.05, 4.69) is 26.1 Å². The van der Waals surface area contributed by atoms with Crippen LogP contribution in [0.3, 0.4) is 0 Å². The van der Waals surface area contributed by atoms with E-state index in [1.165, 1.54) is 7.11 Å². The normalized spacial score (nSPS) is 29.8. The summed E-state index contributed by atoms with van der Waals surface area (Å²) in [5.74, 6) is 1.05. The molecular formula is C13H26N2O2. The molecule has 0 unspecified atom stereocenters. The van der Waals surface area contributed by atoms with Crippen LogP contribution in [0.4, 0.5) is 4.79 Å². The molecule has 0 aromatic carbocycles. The second-order valence-corrected chi connectivity index (χ2v) is 6.13. The largest absolute Gasteiger partial charge is 0.453 e. The van der Waals surface area contributed by atoms with Crippen molar-refractivity contribution < 1.29 is 9.53 Å². The fraction of sp³-hybridized carbons (Fsp3) is 0.923. The van der Waals surface area contributed by atoms with Gasteiger partial charge < -0.3 is 15.8 Å². The second kappa shape index (κ2) is 5.71. The number of nitrogens with one attached hydrogen (secondary N) is 1. The van der Waals surface area contributed by atoms with Crippen LogP contribution in [-0.4, -0.2) is 25.8 Å². The Morgan fingerprint density at radius 2 is 2.06 bits per heavy atom. The molecule has 1 rings (SSSR count). The van der Waals surface area contributed by atoms with E-state index >= 15 is 0 Å². The molecule has 0 bridgehead atoms. The van der Waals surface area contributed by atoms with Crippen LogP contribution in [0.5, 0.6) is 0 Å². The van der Waals surface area contributed by atoms with E-state index in [4.69, 9.17) is 10.5 Å². The summed E-state index contributed by atoms with van der Waals surface area (Å²) in [6.45, 7) is 7.42. The first-order valence-electron chi connectivity index (χ1n) is 6.43. The van der Waals surface area contributed by atoms with Gasteiger partial charge in [-0.2, -0.15) is 0 Å². The number of ether oxygens (including phenoxy) is 1. The van der Waals surface area contributed by atoms with Crippen LogP contribution < -0.4 is 11.1 Å². The zero-order valence-electron chi connectivity index (χ0n) is 11.5. The van der Waals surface area contributed by atoms with Crippen molar-refractivity contribution in [3.63, 3.8) is 0 Å². The molecule has 0 heterocycles. The van der Waals surface area contributed by atoms with Gasteiger partial charge in [-0.15, -0.1) is 0 Å². The van der Waals surface area contributed by atoms with Crippen LogP contribution in [0.25, 0.3) is 0 Å². The molecule has 0 aromatic heterocycles. The standard InChI is InChI=1S/C13H26N2O2/c1-13(2,3)10-7-9(8-14)5-6-11(10)15-12(16)17-4/h9-11H,5-8,14H2,1-4H3,(H,15,16)/t9-,10+,11-/m0/s1. The molecule has 1 fully saturated rings.